The van der Waals surface area contributed by atoms with Crippen molar-refractivity contribution in [2.75, 3.05) is 6.61 Å². The second kappa shape index (κ2) is 9.51. The van der Waals surface area contributed by atoms with E-state index in [0.717, 1.165) is 6.07 Å². The summed E-state index contributed by atoms with van der Waals surface area (Å²) >= 11 is 0. The molecule has 1 heterocycles. The number of carbonyl (C=O) groups is 1. The topological polar surface area (TPSA) is 127 Å². The van der Waals surface area contributed by atoms with Gasteiger partial charge in [-0.2, -0.15) is 0 Å². The lowest BCUT2D eigenvalue weighted by molar-refractivity contribution is -0.384. The van der Waals surface area contributed by atoms with Crippen molar-refractivity contribution in [3.63, 3.8) is 0 Å². The van der Waals surface area contributed by atoms with Gasteiger partial charge in [0.25, 0.3) is 5.69 Å². The molecule has 0 radical (unpaired) electrons. The predicted octanol–water partition coefficient (Wildman–Crippen LogP) is 4.09. The lowest BCUT2D eigenvalue weighted by atomic mass is 10.1. The van der Waals surface area contributed by atoms with Crippen LogP contribution in [0.3, 0.4) is 0 Å². The second-order valence-electron chi connectivity index (χ2n) is 7.08. The van der Waals surface area contributed by atoms with Crippen LogP contribution in [0.5, 0.6) is 0 Å². The van der Waals surface area contributed by atoms with Gasteiger partial charge in [-0.15, -0.1) is 0 Å². The van der Waals surface area contributed by atoms with Crippen LogP contribution >= 0.6 is 7.60 Å². The van der Waals surface area contributed by atoms with Crippen LogP contribution in [0, 0.1) is 10.1 Å². The van der Waals surface area contributed by atoms with Crippen LogP contribution in [0.25, 0.3) is 10.9 Å². The predicted molar refractivity (Wildman–Crippen MR) is 111 cm³/mol. The van der Waals surface area contributed by atoms with Crippen molar-refractivity contribution in [2.24, 2.45) is 0 Å². The highest BCUT2D eigenvalue weighted by atomic mass is 31.2. The van der Waals surface area contributed by atoms with Crippen molar-refractivity contribution >= 4 is 30.2 Å². The lowest BCUT2D eigenvalue weighted by Crippen LogP contribution is -2.22. The molecule has 10 nitrogen and oxygen atoms in total. The zero-order chi connectivity index (χ0) is 22.6. The van der Waals surface area contributed by atoms with E-state index in [4.69, 9.17) is 13.8 Å². The molecule has 0 N–H and O–H groups in total. The number of fused-ring (bicyclic) bond motifs is 1. The summed E-state index contributed by atoms with van der Waals surface area (Å²) in [5.74, 6) is -0.846. The fraction of sp³-hybridized carbons (Fsp3) is 0.474. The van der Waals surface area contributed by atoms with Crippen LogP contribution in [-0.4, -0.2) is 34.3 Å². The number of nitro groups is 1. The fourth-order valence-corrected chi connectivity index (χ4v) is 4.96. The number of rotatable bonds is 9. The molecule has 0 saturated carbocycles. The highest BCUT2D eigenvalue weighted by molar-refractivity contribution is 7.52. The van der Waals surface area contributed by atoms with Gasteiger partial charge < -0.3 is 18.4 Å². The molecule has 0 atom stereocenters. The Morgan fingerprint density at radius 1 is 1.20 bits per heavy atom. The van der Waals surface area contributed by atoms with E-state index < -0.39 is 36.1 Å². The molecule has 0 saturated heterocycles. The Labute approximate surface area is 173 Å². The van der Waals surface area contributed by atoms with E-state index in [1.54, 1.807) is 34.6 Å². The first-order chi connectivity index (χ1) is 14.0. The van der Waals surface area contributed by atoms with Gasteiger partial charge in [-0.3, -0.25) is 19.5 Å². The van der Waals surface area contributed by atoms with Crippen LogP contribution < -0.4 is 5.43 Å². The Morgan fingerprint density at radius 2 is 1.80 bits per heavy atom. The van der Waals surface area contributed by atoms with Gasteiger partial charge in [-0.05, 0) is 40.7 Å². The number of ether oxygens (including phenoxy) is 1. The Bertz CT molecular complexity index is 1050. The fourth-order valence-electron chi connectivity index (χ4n) is 2.88. The molecular formula is C19H25N2O8P. The van der Waals surface area contributed by atoms with Gasteiger partial charge in [0.15, 0.2) is 0 Å². The van der Waals surface area contributed by atoms with Crippen molar-refractivity contribution in [3.05, 3.63) is 50.3 Å². The first-order valence-corrected chi connectivity index (χ1v) is 11.1. The van der Waals surface area contributed by atoms with Gasteiger partial charge >= 0.3 is 13.6 Å². The first kappa shape index (κ1) is 23.7. The molecule has 0 aliphatic heterocycles. The Morgan fingerprint density at radius 3 is 2.30 bits per heavy atom. The molecule has 0 aliphatic rings. The molecule has 2 rings (SSSR count). The number of nitrogens with zero attached hydrogens (tertiary/aromatic N) is 2. The minimum Gasteiger partial charge on any atom is -0.462 e. The number of pyridine rings is 1. The maximum atomic E-state index is 13.4. The third kappa shape index (κ3) is 5.53. The van der Waals surface area contributed by atoms with Crippen LogP contribution in [0.1, 0.15) is 45.0 Å². The van der Waals surface area contributed by atoms with Crippen molar-refractivity contribution in [3.8, 4) is 0 Å². The van der Waals surface area contributed by atoms with Gasteiger partial charge in [0.2, 0.25) is 5.43 Å². The summed E-state index contributed by atoms with van der Waals surface area (Å²) in [5, 5.41) is 11.3. The average molecular weight is 440 g/mol. The number of aromatic nitrogens is 1. The molecule has 2 aromatic rings. The van der Waals surface area contributed by atoms with Gasteiger partial charge in [-0.1, -0.05) is 0 Å². The highest BCUT2D eigenvalue weighted by Gasteiger charge is 2.30. The molecule has 1 aromatic carbocycles. The van der Waals surface area contributed by atoms with Crippen molar-refractivity contribution in [1.82, 2.24) is 4.57 Å². The monoisotopic (exact) mass is 440 g/mol. The SMILES string of the molecule is CCOC(=O)c1cn(CP(=O)(OC(C)C)OC(C)C)c2cc([N+](=O)[O-])ccc2c1=O. The maximum absolute atomic E-state index is 13.4. The quantitative estimate of drug-likeness (QED) is 0.247. The van der Waals surface area contributed by atoms with Crippen molar-refractivity contribution in [2.45, 2.75) is 53.1 Å². The highest BCUT2D eigenvalue weighted by Crippen LogP contribution is 2.52. The standard InChI is InChI=1S/C19H25N2O8P/c1-6-27-19(23)16-10-20(11-30(26,28-12(2)3)29-13(4)5)17-9-14(21(24)25)7-8-15(17)18(16)22/h7-10,12-13H,6,11H2,1-5H3. The molecular weight excluding hydrogens is 415 g/mol. The summed E-state index contributed by atoms with van der Waals surface area (Å²) < 4.78 is 30.7. The summed E-state index contributed by atoms with van der Waals surface area (Å²) in [4.78, 5) is 35.7. The number of esters is 1. The zero-order valence-corrected chi connectivity index (χ0v) is 18.4. The zero-order valence-electron chi connectivity index (χ0n) is 17.5. The summed E-state index contributed by atoms with van der Waals surface area (Å²) in [7, 11) is -3.74. The molecule has 30 heavy (non-hydrogen) atoms. The van der Waals surface area contributed by atoms with Crippen LogP contribution in [0.4, 0.5) is 5.69 Å². The van der Waals surface area contributed by atoms with E-state index in [2.05, 4.69) is 0 Å². The lowest BCUT2D eigenvalue weighted by Gasteiger charge is -2.24. The molecule has 164 valence electrons. The molecule has 0 aliphatic carbocycles. The maximum Gasteiger partial charge on any atom is 0.350 e. The molecule has 0 amide bonds. The average Bonchev–Trinajstić information content (AvgIpc) is 2.62. The number of hydrogen-bond donors (Lipinski definition) is 0. The number of hydrogen-bond acceptors (Lipinski definition) is 8. The van der Waals surface area contributed by atoms with Crippen LogP contribution in [0.15, 0.2) is 29.2 Å². The van der Waals surface area contributed by atoms with Crippen molar-refractivity contribution < 1.29 is 28.1 Å². The van der Waals surface area contributed by atoms with Crippen LogP contribution in [0.2, 0.25) is 0 Å². The summed E-state index contributed by atoms with van der Waals surface area (Å²) in [6.45, 7) is 8.41. The van der Waals surface area contributed by atoms with E-state index in [1.807, 2.05) is 0 Å². The Kier molecular flexibility index (Phi) is 7.52. The number of nitro benzene ring substituents is 1. The smallest absolute Gasteiger partial charge is 0.350 e. The third-order valence-electron chi connectivity index (χ3n) is 3.84. The number of carbonyl (C=O) groups excluding carboxylic acids is 1. The Balaban J connectivity index is 2.75. The summed E-state index contributed by atoms with van der Waals surface area (Å²) in [6.07, 6.45) is -0.0432. The van der Waals surface area contributed by atoms with Gasteiger partial charge in [-0.25, -0.2) is 4.79 Å². The Hall–Kier alpha value is -2.55. The minimum atomic E-state index is -3.74. The third-order valence-corrected chi connectivity index (χ3v) is 5.98. The van der Waals surface area contributed by atoms with E-state index in [1.165, 1.54) is 22.9 Å². The molecule has 11 heteroatoms. The van der Waals surface area contributed by atoms with Crippen molar-refractivity contribution in [1.29, 1.82) is 0 Å². The molecule has 0 unspecified atom stereocenters. The number of benzene rings is 1. The van der Waals surface area contributed by atoms with E-state index in [0.29, 0.717) is 0 Å². The molecule has 0 spiro atoms. The van der Waals surface area contributed by atoms with Gasteiger partial charge in [0, 0.05) is 23.7 Å². The second-order valence-corrected chi connectivity index (χ2v) is 9.01. The normalized spacial score (nSPS) is 12.0. The molecule has 0 bridgehead atoms. The number of non-ortho nitro benzene ring substituents is 1. The first-order valence-electron chi connectivity index (χ1n) is 9.42. The van der Waals surface area contributed by atoms with Gasteiger partial charge in [0.05, 0.1) is 29.3 Å². The summed E-state index contributed by atoms with van der Waals surface area (Å²) in [5.41, 5.74) is -1.05. The molecule has 0 fully saturated rings. The largest absolute Gasteiger partial charge is 0.462 e. The van der Waals surface area contributed by atoms with Gasteiger partial charge in [0.1, 0.15) is 11.8 Å². The summed E-state index contributed by atoms with van der Waals surface area (Å²) in [6, 6.07) is 3.60. The van der Waals surface area contributed by atoms with E-state index in [9.17, 15) is 24.3 Å². The minimum absolute atomic E-state index is 0.0480. The van der Waals surface area contributed by atoms with Crippen LogP contribution in [-0.2, 0) is 24.6 Å². The molecule has 1 aromatic heterocycles. The van der Waals surface area contributed by atoms with E-state index >= 15 is 0 Å². The van der Waals surface area contributed by atoms with E-state index in [-0.39, 0.29) is 35.0 Å².